The smallest absolute Gasteiger partial charge is 0.354 e. The molecular weight excluding hydrogens is 480 g/mol. The fourth-order valence-electron chi connectivity index (χ4n) is 5.47. The molecule has 0 atom stereocenters. The van der Waals surface area contributed by atoms with Crippen molar-refractivity contribution in [3.63, 3.8) is 0 Å². The first-order valence-electron chi connectivity index (χ1n) is 12.9. The van der Waals surface area contributed by atoms with E-state index >= 15 is 0 Å². The van der Waals surface area contributed by atoms with Gasteiger partial charge in [0.25, 0.3) is 0 Å². The van der Waals surface area contributed by atoms with Crippen LogP contribution in [-0.2, 0) is 4.74 Å². The number of fused-ring (bicyclic) bond motifs is 1. The second-order valence-electron chi connectivity index (χ2n) is 10.0. The Morgan fingerprint density at radius 2 is 1.89 bits per heavy atom. The lowest BCUT2D eigenvalue weighted by Crippen LogP contribution is -2.33. The summed E-state index contributed by atoms with van der Waals surface area (Å²) in [7, 11) is 1.73. The van der Waals surface area contributed by atoms with Crippen molar-refractivity contribution in [2.24, 2.45) is 5.92 Å². The Bertz CT molecular complexity index is 1510. The Kier molecular flexibility index (Phi) is 6.26. The number of carboxylic acids is 1. The van der Waals surface area contributed by atoms with Crippen LogP contribution in [0.3, 0.4) is 0 Å². The molecule has 0 unspecified atom stereocenters. The van der Waals surface area contributed by atoms with Crippen molar-refractivity contribution >= 4 is 22.8 Å². The number of piperidine rings is 1. The summed E-state index contributed by atoms with van der Waals surface area (Å²) < 4.78 is 7.28. The second-order valence-corrected chi connectivity index (χ2v) is 10.0. The third-order valence-corrected chi connectivity index (χ3v) is 7.76. The Morgan fingerprint density at radius 3 is 2.53 bits per heavy atom. The maximum atomic E-state index is 12.1. The van der Waals surface area contributed by atoms with E-state index in [9.17, 15) is 15.2 Å². The number of nitriles is 1. The van der Waals surface area contributed by atoms with Gasteiger partial charge in [-0.15, -0.1) is 0 Å². The Hall–Kier alpha value is -4.29. The molecule has 4 heterocycles. The Morgan fingerprint density at radius 1 is 1.13 bits per heavy atom. The van der Waals surface area contributed by atoms with E-state index in [4.69, 9.17) is 14.8 Å². The molecule has 1 aromatic carbocycles. The van der Waals surface area contributed by atoms with E-state index in [2.05, 4.69) is 16.0 Å². The van der Waals surface area contributed by atoms with Crippen LogP contribution in [0.5, 0.6) is 0 Å². The lowest BCUT2D eigenvalue weighted by atomic mass is 9.78. The lowest BCUT2D eigenvalue weighted by Gasteiger charge is -2.33. The molecule has 6 rings (SSSR count). The zero-order valence-corrected chi connectivity index (χ0v) is 21.1. The van der Waals surface area contributed by atoms with E-state index in [1.54, 1.807) is 24.1 Å². The molecule has 1 saturated heterocycles. The van der Waals surface area contributed by atoms with Crippen molar-refractivity contribution in [1.82, 2.24) is 19.7 Å². The number of methoxy groups -OCH3 is 1. The van der Waals surface area contributed by atoms with Gasteiger partial charge >= 0.3 is 5.97 Å². The number of aromatic carboxylic acids is 1. The van der Waals surface area contributed by atoms with E-state index < -0.39 is 5.97 Å². The van der Waals surface area contributed by atoms with Crippen molar-refractivity contribution in [3.8, 4) is 22.9 Å². The van der Waals surface area contributed by atoms with Crippen molar-refractivity contribution in [3.05, 3.63) is 66.1 Å². The molecule has 1 saturated carbocycles. The van der Waals surface area contributed by atoms with Gasteiger partial charge in [-0.2, -0.15) is 10.4 Å². The molecule has 4 aromatic rings. The molecule has 9 nitrogen and oxygen atoms in total. The highest BCUT2D eigenvalue weighted by Crippen LogP contribution is 2.44. The third kappa shape index (κ3) is 4.27. The number of pyridine rings is 2. The van der Waals surface area contributed by atoms with Crippen LogP contribution in [0.1, 0.15) is 47.8 Å². The number of nitrogens with zero attached hydrogens (tertiary/aromatic N) is 6. The van der Waals surface area contributed by atoms with Crippen molar-refractivity contribution in [2.45, 2.75) is 37.7 Å². The van der Waals surface area contributed by atoms with E-state index in [0.29, 0.717) is 5.65 Å². The third-order valence-electron chi connectivity index (χ3n) is 7.76. The number of ether oxygens (including phenoxy) is 1. The van der Waals surface area contributed by atoms with E-state index in [0.717, 1.165) is 72.5 Å². The van der Waals surface area contributed by atoms with Crippen molar-refractivity contribution < 1.29 is 14.6 Å². The normalized spacial score (nSPS) is 19.7. The largest absolute Gasteiger partial charge is 0.477 e. The summed E-state index contributed by atoms with van der Waals surface area (Å²) in [6.45, 7) is 1.59. The molecule has 38 heavy (non-hydrogen) atoms. The lowest BCUT2D eigenvalue weighted by molar-refractivity contribution is 0.0250. The maximum Gasteiger partial charge on any atom is 0.354 e. The highest BCUT2D eigenvalue weighted by Gasteiger charge is 2.35. The summed E-state index contributed by atoms with van der Waals surface area (Å²) in [6.07, 6.45) is 5.37. The van der Waals surface area contributed by atoms with Crippen LogP contribution in [0.25, 0.3) is 27.8 Å². The summed E-state index contributed by atoms with van der Waals surface area (Å²) >= 11 is 0. The Labute approximate surface area is 220 Å². The fourth-order valence-corrected chi connectivity index (χ4v) is 5.47. The van der Waals surface area contributed by atoms with Crippen LogP contribution in [0, 0.1) is 17.2 Å². The van der Waals surface area contributed by atoms with Gasteiger partial charge in [-0.25, -0.2) is 19.4 Å². The van der Waals surface area contributed by atoms with Gasteiger partial charge in [-0.05, 0) is 61.6 Å². The standard InChI is InChI=1S/C29H28N6O3/c1-38-22-13-20(14-22)27-26-23(19-7-8-25(31-17-19)34-11-9-18(16-30)10-12-34)15-24(29(36)37)32-28(26)35(33-27)21-5-3-2-4-6-21/h2-8,15,17-18,20,22H,9-14H2,1H3,(H,36,37). The molecule has 1 aliphatic heterocycles. The number of rotatable bonds is 6. The van der Waals surface area contributed by atoms with Gasteiger partial charge in [0, 0.05) is 43.8 Å². The quantitative estimate of drug-likeness (QED) is 0.394. The minimum absolute atomic E-state index is 0.0397. The molecule has 3 aromatic heterocycles. The summed E-state index contributed by atoms with van der Waals surface area (Å²) in [5.41, 5.74) is 3.77. The van der Waals surface area contributed by atoms with Crippen LogP contribution in [0.15, 0.2) is 54.7 Å². The average Bonchev–Trinajstić information content (AvgIpc) is 3.32. The molecular formula is C29H28N6O3. The number of para-hydroxylation sites is 1. The number of carbonyl (C=O) groups is 1. The molecule has 192 valence electrons. The van der Waals surface area contributed by atoms with Gasteiger partial charge in [0.1, 0.15) is 5.82 Å². The number of hydrogen-bond acceptors (Lipinski definition) is 7. The van der Waals surface area contributed by atoms with Crippen LogP contribution in [0.2, 0.25) is 0 Å². The van der Waals surface area contributed by atoms with Gasteiger partial charge in [-0.3, -0.25) is 0 Å². The summed E-state index contributed by atoms with van der Waals surface area (Å²) in [5, 5.41) is 25.0. The fraction of sp³-hybridized carbons (Fsp3) is 0.345. The van der Waals surface area contributed by atoms with Gasteiger partial charge in [0.2, 0.25) is 0 Å². The molecule has 0 radical (unpaired) electrons. The molecule has 0 amide bonds. The highest BCUT2D eigenvalue weighted by atomic mass is 16.5. The number of hydrogen-bond donors (Lipinski definition) is 1. The first kappa shape index (κ1) is 24.1. The maximum absolute atomic E-state index is 12.1. The molecule has 1 aliphatic carbocycles. The van der Waals surface area contributed by atoms with Crippen LogP contribution in [0.4, 0.5) is 5.82 Å². The van der Waals surface area contributed by atoms with E-state index in [-0.39, 0.29) is 23.6 Å². The zero-order valence-electron chi connectivity index (χ0n) is 21.1. The van der Waals surface area contributed by atoms with Gasteiger partial charge in [0.05, 0.1) is 28.9 Å². The van der Waals surface area contributed by atoms with Gasteiger partial charge in [0.15, 0.2) is 11.3 Å². The number of anilines is 1. The molecule has 0 bridgehead atoms. The molecule has 2 fully saturated rings. The van der Waals surface area contributed by atoms with Crippen LogP contribution in [-0.4, -0.2) is 57.1 Å². The average molecular weight is 509 g/mol. The number of benzene rings is 1. The van der Waals surface area contributed by atoms with Gasteiger partial charge < -0.3 is 14.7 Å². The summed E-state index contributed by atoms with van der Waals surface area (Å²) in [4.78, 5) is 23.6. The summed E-state index contributed by atoms with van der Waals surface area (Å²) in [5.74, 6) is 0.0609. The van der Waals surface area contributed by atoms with Crippen molar-refractivity contribution in [2.75, 3.05) is 25.1 Å². The van der Waals surface area contributed by atoms with E-state index in [1.165, 1.54) is 0 Å². The first-order valence-corrected chi connectivity index (χ1v) is 12.9. The summed E-state index contributed by atoms with van der Waals surface area (Å²) in [6, 6.07) is 17.6. The van der Waals surface area contributed by atoms with Crippen molar-refractivity contribution in [1.29, 1.82) is 5.26 Å². The van der Waals surface area contributed by atoms with Crippen LogP contribution >= 0.6 is 0 Å². The van der Waals surface area contributed by atoms with Gasteiger partial charge in [-0.1, -0.05) is 18.2 Å². The van der Waals surface area contributed by atoms with E-state index in [1.807, 2.05) is 42.5 Å². The molecule has 0 spiro atoms. The molecule has 2 aliphatic rings. The number of carboxylic acid groups (broad SMARTS) is 1. The minimum Gasteiger partial charge on any atom is -0.477 e. The zero-order chi connectivity index (χ0) is 26.2. The minimum atomic E-state index is -1.09. The number of aromatic nitrogens is 4. The second kappa shape index (κ2) is 9.88. The molecule has 1 N–H and O–H groups in total. The predicted octanol–water partition coefficient (Wildman–Crippen LogP) is 4.81. The Balaban J connectivity index is 1.47. The SMILES string of the molecule is COC1CC(c2nn(-c3ccccc3)c3nc(C(=O)O)cc(-c4ccc(N5CCC(C#N)CC5)nc4)c23)C1. The topological polar surface area (TPSA) is 117 Å². The first-order chi connectivity index (χ1) is 18.6. The molecule has 9 heteroatoms. The van der Waals surface area contributed by atoms with Crippen LogP contribution < -0.4 is 4.90 Å². The highest BCUT2D eigenvalue weighted by molar-refractivity contribution is 6.00. The monoisotopic (exact) mass is 508 g/mol. The predicted molar refractivity (Wildman–Crippen MR) is 142 cm³/mol.